The van der Waals surface area contributed by atoms with Crippen LogP contribution in [0.4, 0.5) is 0 Å². The minimum absolute atomic E-state index is 0.111. The number of amides is 1. The van der Waals surface area contributed by atoms with Crippen molar-refractivity contribution in [3.8, 4) is 0 Å². The van der Waals surface area contributed by atoms with Crippen LogP contribution in [-0.4, -0.2) is 31.0 Å². The van der Waals surface area contributed by atoms with Crippen molar-refractivity contribution >= 4 is 16.8 Å². The maximum atomic E-state index is 13.0. The molecule has 0 aliphatic heterocycles. The number of carbonyl (C=O) groups excluding carboxylic acids is 1. The largest absolute Gasteiger partial charge is 0.351 e. The Hall–Kier alpha value is -3.41. The number of benzene rings is 2. The summed E-state index contributed by atoms with van der Waals surface area (Å²) in [6.07, 6.45) is 14.5. The average Bonchev–Trinajstić information content (AvgIpc) is 3.48. The third kappa shape index (κ3) is 4.77. The van der Waals surface area contributed by atoms with Crippen molar-refractivity contribution in [3.63, 3.8) is 0 Å². The van der Waals surface area contributed by atoms with Crippen LogP contribution in [0.5, 0.6) is 0 Å². The lowest BCUT2D eigenvalue weighted by Crippen LogP contribution is -2.59. The Balaban J connectivity index is 0.990. The number of hydrogen-bond donors (Lipinski definition) is 1. The SMILES string of the molecule is O=C(CCCc1cn(Cc2cn(Cc3ccccc3)nn2)c2ccccc12)NC12CC3CC(CC(C3)C1)C2. The first-order chi connectivity index (χ1) is 18.6. The highest BCUT2D eigenvalue weighted by atomic mass is 16.1. The van der Waals surface area contributed by atoms with Gasteiger partial charge >= 0.3 is 0 Å². The summed E-state index contributed by atoms with van der Waals surface area (Å²) in [5.74, 6) is 2.82. The van der Waals surface area contributed by atoms with Crippen LogP contribution in [0.25, 0.3) is 10.9 Å². The van der Waals surface area contributed by atoms with E-state index in [1.807, 2.05) is 29.1 Å². The molecule has 0 saturated heterocycles. The first-order valence-electron chi connectivity index (χ1n) is 14.4. The van der Waals surface area contributed by atoms with Crippen LogP contribution in [0.2, 0.25) is 0 Å². The predicted molar refractivity (Wildman–Crippen MR) is 149 cm³/mol. The van der Waals surface area contributed by atoms with E-state index in [1.54, 1.807) is 0 Å². The molecule has 2 aromatic carbocycles. The highest BCUT2D eigenvalue weighted by Gasteiger charge is 2.51. The summed E-state index contributed by atoms with van der Waals surface area (Å²) >= 11 is 0. The molecule has 4 fully saturated rings. The van der Waals surface area contributed by atoms with Gasteiger partial charge in [-0.3, -0.25) is 4.79 Å². The third-order valence-electron chi connectivity index (χ3n) is 9.27. The number of aryl methyl sites for hydroxylation is 1. The topological polar surface area (TPSA) is 64.7 Å². The normalized spacial score (nSPS) is 25.7. The van der Waals surface area contributed by atoms with Crippen LogP contribution in [0, 0.1) is 17.8 Å². The zero-order valence-corrected chi connectivity index (χ0v) is 22.1. The standard InChI is InChI=1S/C32H37N5O/c38-31(33-32-16-24-13-25(17-32)15-26(14-24)18-32)12-6-9-27-20-36(30-11-5-4-10-29(27)30)21-28-22-37(35-34-28)19-23-7-2-1-3-8-23/h1-5,7-8,10-11,20,22,24-26H,6,9,12-19,21H2,(H,33,38). The molecule has 0 atom stereocenters. The van der Waals surface area contributed by atoms with E-state index in [9.17, 15) is 4.79 Å². The molecule has 4 saturated carbocycles. The van der Waals surface area contributed by atoms with Gasteiger partial charge in [0, 0.05) is 29.1 Å². The molecule has 2 aromatic heterocycles. The molecule has 2 heterocycles. The van der Waals surface area contributed by atoms with Crippen LogP contribution >= 0.6 is 0 Å². The molecule has 8 rings (SSSR count). The summed E-state index contributed by atoms with van der Waals surface area (Å²) in [6.45, 7) is 1.40. The van der Waals surface area contributed by atoms with Crippen molar-refractivity contribution in [2.75, 3.05) is 0 Å². The van der Waals surface area contributed by atoms with E-state index >= 15 is 0 Å². The molecule has 4 aliphatic rings. The molecule has 4 aliphatic carbocycles. The second kappa shape index (κ2) is 9.72. The predicted octanol–water partition coefficient (Wildman–Crippen LogP) is 5.74. The minimum Gasteiger partial charge on any atom is -0.351 e. The lowest BCUT2D eigenvalue weighted by Gasteiger charge is -2.56. The van der Waals surface area contributed by atoms with Crippen LogP contribution in [0.15, 0.2) is 67.0 Å². The van der Waals surface area contributed by atoms with Gasteiger partial charge < -0.3 is 9.88 Å². The molecule has 4 bridgehead atoms. The van der Waals surface area contributed by atoms with Crippen molar-refractivity contribution in [2.24, 2.45) is 17.8 Å². The maximum absolute atomic E-state index is 13.0. The lowest BCUT2D eigenvalue weighted by atomic mass is 9.53. The average molecular weight is 508 g/mol. The van der Waals surface area contributed by atoms with Gasteiger partial charge in [-0.1, -0.05) is 53.7 Å². The lowest BCUT2D eigenvalue weighted by molar-refractivity contribution is -0.126. The van der Waals surface area contributed by atoms with Crippen molar-refractivity contribution in [2.45, 2.75) is 76.4 Å². The third-order valence-corrected chi connectivity index (χ3v) is 9.27. The van der Waals surface area contributed by atoms with E-state index < -0.39 is 0 Å². The van der Waals surface area contributed by atoms with Gasteiger partial charge in [-0.2, -0.15) is 0 Å². The number of hydrogen-bond acceptors (Lipinski definition) is 3. The number of rotatable bonds is 9. The Morgan fingerprint density at radius 2 is 1.61 bits per heavy atom. The van der Waals surface area contributed by atoms with Crippen LogP contribution in [0.3, 0.4) is 0 Å². The van der Waals surface area contributed by atoms with E-state index in [0.29, 0.717) is 13.0 Å². The fourth-order valence-electron chi connectivity index (χ4n) is 8.15. The molecule has 0 radical (unpaired) electrons. The molecular weight excluding hydrogens is 470 g/mol. The van der Waals surface area contributed by atoms with Gasteiger partial charge in [0.2, 0.25) is 5.91 Å². The fourth-order valence-corrected chi connectivity index (χ4v) is 8.15. The summed E-state index contributed by atoms with van der Waals surface area (Å²) in [7, 11) is 0. The summed E-state index contributed by atoms with van der Waals surface area (Å²) in [5, 5.41) is 13.6. The van der Waals surface area contributed by atoms with Gasteiger partial charge in [0.1, 0.15) is 5.69 Å². The van der Waals surface area contributed by atoms with Gasteiger partial charge in [0.25, 0.3) is 0 Å². The van der Waals surface area contributed by atoms with E-state index in [2.05, 4.69) is 62.8 Å². The Labute approximate surface area is 224 Å². The zero-order chi connectivity index (χ0) is 25.5. The molecule has 196 valence electrons. The van der Waals surface area contributed by atoms with Crippen molar-refractivity contribution in [3.05, 3.63) is 83.8 Å². The van der Waals surface area contributed by atoms with E-state index in [0.717, 1.165) is 42.8 Å². The van der Waals surface area contributed by atoms with E-state index in [1.165, 1.54) is 60.6 Å². The summed E-state index contributed by atoms with van der Waals surface area (Å²) < 4.78 is 4.18. The smallest absolute Gasteiger partial charge is 0.220 e. The molecule has 38 heavy (non-hydrogen) atoms. The summed E-state index contributed by atoms with van der Waals surface area (Å²) in [6, 6.07) is 18.9. The zero-order valence-electron chi connectivity index (χ0n) is 22.1. The molecule has 4 aromatic rings. The Bertz CT molecular complexity index is 1400. The Kier molecular flexibility index (Phi) is 6.06. The summed E-state index contributed by atoms with van der Waals surface area (Å²) in [4.78, 5) is 13.0. The molecular formula is C32H37N5O. The molecule has 1 N–H and O–H groups in total. The number of nitrogens with one attached hydrogen (secondary N) is 1. The van der Waals surface area contributed by atoms with Gasteiger partial charge in [-0.25, -0.2) is 4.68 Å². The Morgan fingerprint density at radius 3 is 2.37 bits per heavy atom. The first-order valence-corrected chi connectivity index (χ1v) is 14.4. The van der Waals surface area contributed by atoms with Crippen molar-refractivity contribution in [1.29, 1.82) is 0 Å². The molecule has 6 nitrogen and oxygen atoms in total. The second-order valence-electron chi connectivity index (χ2n) is 12.3. The van der Waals surface area contributed by atoms with Gasteiger partial charge in [-0.05, 0) is 86.3 Å². The van der Waals surface area contributed by atoms with Gasteiger partial charge in [-0.15, -0.1) is 5.10 Å². The molecule has 0 unspecified atom stereocenters. The second-order valence-corrected chi connectivity index (χ2v) is 12.3. The van der Waals surface area contributed by atoms with Crippen molar-refractivity contribution in [1.82, 2.24) is 24.9 Å². The Morgan fingerprint density at radius 1 is 0.895 bits per heavy atom. The quantitative estimate of drug-likeness (QED) is 0.314. The van der Waals surface area contributed by atoms with E-state index in [-0.39, 0.29) is 11.4 Å². The number of para-hydroxylation sites is 1. The first kappa shape index (κ1) is 23.7. The van der Waals surface area contributed by atoms with Gasteiger partial charge in [0.15, 0.2) is 0 Å². The number of nitrogens with zero attached hydrogens (tertiary/aromatic N) is 4. The van der Waals surface area contributed by atoms with Crippen LogP contribution < -0.4 is 5.32 Å². The summed E-state index contributed by atoms with van der Waals surface area (Å²) in [5.41, 5.74) is 4.78. The minimum atomic E-state index is 0.111. The highest BCUT2D eigenvalue weighted by molar-refractivity contribution is 5.84. The monoisotopic (exact) mass is 507 g/mol. The van der Waals surface area contributed by atoms with Crippen LogP contribution in [-0.2, 0) is 24.3 Å². The maximum Gasteiger partial charge on any atom is 0.220 e. The van der Waals surface area contributed by atoms with Gasteiger partial charge in [0.05, 0.1) is 19.3 Å². The fraction of sp³-hybridized carbons (Fsp3) is 0.469. The molecule has 0 spiro atoms. The molecule has 1 amide bonds. The highest BCUT2D eigenvalue weighted by Crippen LogP contribution is 2.55. The molecule has 6 heteroatoms. The number of fused-ring (bicyclic) bond motifs is 1. The van der Waals surface area contributed by atoms with Crippen molar-refractivity contribution < 1.29 is 4.79 Å². The number of aromatic nitrogens is 4. The number of carbonyl (C=O) groups is 1. The van der Waals surface area contributed by atoms with Crippen LogP contribution in [0.1, 0.15) is 68.2 Å². The van der Waals surface area contributed by atoms with E-state index in [4.69, 9.17) is 0 Å².